The fraction of sp³-hybridized carbons (Fsp3) is 0.500. The Morgan fingerprint density at radius 1 is 1.33 bits per heavy atom. The van der Waals surface area contributed by atoms with Crippen LogP contribution < -0.4 is 5.32 Å². The van der Waals surface area contributed by atoms with Gasteiger partial charge in [-0.3, -0.25) is 4.79 Å². The first-order valence-corrected chi connectivity index (χ1v) is 9.46. The number of thioether (sulfide) groups is 1. The highest BCUT2D eigenvalue weighted by Gasteiger charge is 2.23. The molecule has 1 N–H and O–H groups in total. The van der Waals surface area contributed by atoms with Crippen molar-refractivity contribution in [2.24, 2.45) is 5.92 Å². The van der Waals surface area contributed by atoms with Gasteiger partial charge >= 0.3 is 0 Å². The molecule has 6 nitrogen and oxygen atoms in total. The second kappa shape index (κ2) is 7.98. The first-order valence-electron chi connectivity index (χ1n) is 8.10. The molecule has 1 amide bonds. The number of halogens is 1. The minimum Gasteiger partial charge on any atom is -0.352 e. The predicted octanol–water partition coefficient (Wildman–Crippen LogP) is 3.10. The van der Waals surface area contributed by atoms with Gasteiger partial charge in [-0.25, -0.2) is 0 Å². The Kier molecular flexibility index (Phi) is 5.73. The van der Waals surface area contributed by atoms with Crippen molar-refractivity contribution in [1.82, 2.24) is 25.5 Å². The third-order valence-corrected chi connectivity index (χ3v) is 5.47. The van der Waals surface area contributed by atoms with Gasteiger partial charge in [0.2, 0.25) is 11.1 Å². The van der Waals surface area contributed by atoms with Crippen molar-refractivity contribution in [3.05, 3.63) is 29.3 Å². The Balaban J connectivity index is 1.58. The lowest BCUT2D eigenvalue weighted by molar-refractivity contribution is -0.119. The molecule has 0 aliphatic heterocycles. The number of aromatic nitrogens is 4. The van der Waals surface area contributed by atoms with Crippen LogP contribution in [0.2, 0.25) is 5.02 Å². The van der Waals surface area contributed by atoms with E-state index < -0.39 is 0 Å². The fourth-order valence-electron chi connectivity index (χ4n) is 2.92. The van der Waals surface area contributed by atoms with Crippen LogP contribution in [0.25, 0.3) is 5.69 Å². The highest BCUT2D eigenvalue weighted by Crippen LogP contribution is 2.24. The van der Waals surface area contributed by atoms with Crippen molar-refractivity contribution in [3.8, 4) is 5.69 Å². The van der Waals surface area contributed by atoms with Crippen LogP contribution in [0.5, 0.6) is 0 Å². The number of hydrogen-bond acceptors (Lipinski definition) is 5. The van der Waals surface area contributed by atoms with E-state index in [0.29, 0.717) is 27.9 Å². The minimum atomic E-state index is 0.0319. The third-order valence-electron chi connectivity index (χ3n) is 4.30. The molecule has 0 bridgehead atoms. The summed E-state index contributed by atoms with van der Waals surface area (Å²) < 4.78 is 1.61. The van der Waals surface area contributed by atoms with E-state index in [2.05, 4.69) is 27.8 Å². The van der Waals surface area contributed by atoms with Crippen LogP contribution in [0.1, 0.15) is 32.6 Å². The van der Waals surface area contributed by atoms with Crippen molar-refractivity contribution in [1.29, 1.82) is 0 Å². The molecule has 2 atom stereocenters. The second-order valence-electron chi connectivity index (χ2n) is 6.07. The maximum absolute atomic E-state index is 12.2. The number of hydrogen-bond donors (Lipinski definition) is 1. The summed E-state index contributed by atoms with van der Waals surface area (Å²) in [6.45, 7) is 2.21. The summed E-state index contributed by atoms with van der Waals surface area (Å²) >= 11 is 7.23. The summed E-state index contributed by atoms with van der Waals surface area (Å²) in [5.74, 6) is 0.883. The Labute approximate surface area is 150 Å². The quantitative estimate of drug-likeness (QED) is 0.824. The Bertz CT molecular complexity index is 690. The molecule has 128 valence electrons. The van der Waals surface area contributed by atoms with Gasteiger partial charge in [0.05, 0.1) is 11.4 Å². The molecule has 0 spiro atoms. The summed E-state index contributed by atoms with van der Waals surface area (Å²) in [6, 6.07) is 7.53. The molecule has 1 saturated carbocycles. The van der Waals surface area contributed by atoms with E-state index in [1.165, 1.54) is 31.0 Å². The van der Waals surface area contributed by atoms with Crippen molar-refractivity contribution in [2.45, 2.75) is 43.8 Å². The lowest BCUT2D eigenvalue weighted by Crippen LogP contribution is -2.41. The molecular weight excluding hydrogens is 346 g/mol. The number of amides is 1. The standard InChI is InChI=1S/C16H20ClN5OS/c1-11-4-2-3-5-14(11)18-15(23)10-24-16-19-20-21-22(16)13-8-6-12(17)7-9-13/h6-9,11,14H,2-5,10H2,1H3,(H,18,23)/t11-,14+/m0/s1. The number of nitrogens with zero attached hydrogens (tertiary/aromatic N) is 4. The van der Waals surface area contributed by atoms with Gasteiger partial charge in [-0.2, -0.15) is 4.68 Å². The van der Waals surface area contributed by atoms with Crippen molar-refractivity contribution >= 4 is 29.3 Å². The lowest BCUT2D eigenvalue weighted by atomic mass is 9.86. The highest BCUT2D eigenvalue weighted by atomic mass is 35.5. The highest BCUT2D eigenvalue weighted by molar-refractivity contribution is 7.99. The van der Waals surface area contributed by atoms with Gasteiger partial charge in [-0.1, -0.05) is 43.1 Å². The molecule has 24 heavy (non-hydrogen) atoms. The Morgan fingerprint density at radius 3 is 2.83 bits per heavy atom. The van der Waals surface area contributed by atoms with E-state index >= 15 is 0 Å². The zero-order chi connectivity index (χ0) is 16.9. The number of tetrazole rings is 1. The average molecular weight is 366 g/mol. The Morgan fingerprint density at radius 2 is 2.08 bits per heavy atom. The smallest absolute Gasteiger partial charge is 0.230 e. The topological polar surface area (TPSA) is 72.7 Å². The summed E-state index contributed by atoms with van der Waals surface area (Å²) in [5, 5.41) is 16.1. The normalized spacial score (nSPS) is 20.8. The Hall–Kier alpha value is -1.60. The van der Waals surface area contributed by atoms with E-state index in [9.17, 15) is 4.79 Å². The monoisotopic (exact) mass is 365 g/mol. The van der Waals surface area contributed by atoms with E-state index in [0.717, 1.165) is 12.1 Å². The van der Waals surface area contributed by atoms with Gasteiger partial charge in [-0.15, -0.1) is 5.10 Å². The average Bonchev–Trinajstić information content (AvgIpc) is 3.04. The molecule has 0 saturated heterocycles. The lowest BCUT2D eigenvalue weighted by Gasteiger charge is -2.29. The minimum absolute atomic E-state index is 0.0319. The fourth-order valence-corrected chi connectivity index (χ4v) is 3.75. The third kappa shape index (κ3) is 4.27. The summed E-state index contributed by atoms with van der Waals surface area (Å²) in [4.78, 5) is 12.2. The number of nitrogens with one attached hydrogen (secondary N) is 1. The number of carbonyl (C=O) groups excluding carboxylic acids is 1. The van der Waals surface area contributed by atoms with E-state index in [1.807, 2.05) is 12.1 Å². The molecular formula is C16H20ClN5OS. The summed E-state index contributed by atoms with van der Waals surface area (Å²) in [7, 11) is 0. The van der Waals surface area contributed by atoms with Crippen LogP contribution in [0.15, 0.2) is 29.4 Å². The van der Waals surface area contributed by atoms with E-state index in [-0.39, 0.29) is 5.91 Å². The van der Waals surface area contributed by atoms with Gasteiger partial charge in [0.15, 0.2) is 0 Å². The summed E-state index contributed by atoms with van der Waals surface area (Å²) in [5.41, 5.74) is 0.813. The van der Waals surface area contributed by atoms with Gasteiger partial charge in [0, 0.05) is 11.1 Å². The molecule has 1 heterocycles. The van der Waals surface area contributed by atoms with Gasteiger partial charge < -0.3 is 5.32 Å². The maximum atomic E-state index is 12.2. The number of rotatable bonds is 5. The zero-order valence-corrected chi connectivity index (χ0v) is 15.1. The number of benzene rings is 1. The molecule has 2 aromatic rings. The van der Waals surface area contributed by atoms with Crippen LogP contribution in [0.3, 0.4) is 0 Å². The van der Waals surface area contributed by atoms with Crippen LogP contribution in [0, 0.1) is 5.92 Å². The summed E-state index contributed by atoms with van der Waals surface area (Å²) in [6.07, 6.45) is 4.71. The molecule has 1 aromatic carbocycles. The SMILES string of the molecule is C[C@H]1CCCC[C@H]1NC(=O)CSc1nnnn1-c1ccc(Cl)cc1. The van der Waals surface area contributed by atoms with Crippen LogP contribution >= 0.6 is 23.4 Å². The van der Waals surface area contributed by atoms with Gasteiger partial charge in [0.25, 0.3) is 0 Å². The molecule has 0 unspecified atom stereocenters. The first kappa shape index (κ1) is 17.2. The van der Waals surface area contributed by atoms with Gasteiger partial charge in [0.1, 0.15) is 0 Å². The van der Waals surface area contributed by atoms with Gasteiger partial charge in [-0.05, 0) is 53.5 Å². The molecule has 1 aliphatic carbocycles. The van der Waals surface area contributed by atoms with Crippen LogP contribution in [-0.2, 0) is 4.79 Å². The molecule has 1 aromatic heterocycles. The maximum Gasteiger partial charge on any atom is 0.230 e. The van der Waals surface area contributed by atoms with Crippen molar-refractivity contribution < 1.29 is 4.79 Å². The predicted molar refractivity (Wildman–Crippen MR) is 94.5 cm³/mol. The molecule has 1 aliphatic rings. The first-order chi connectivity index (χ1) is 11.6. The zero-order valence-electron chi connectivity index (χ0n) is 13.5. The largest absolute Gasteiger partial charge is 0.352 e. The van der Waals surface area contributed by atoms with Crippen molar-refractivity contribution in [2.75, 3.05) is 5.75 Å². The second-order valence-corrected chi connectivity index (χ2v) is 7.45. The van der Waals surface area contributed by atoms with Crippen LogP contribution in [0.4, 0.5) is 0 Å². The van der Waals surface area contributed by atoms with E-state index in [4.69, 9.17) is 11.6 Å². The van der Waals surface area contributed by atoms with E-state index in [1.54, 1.807) is 16.8 Å². The number of carbonyl (C=O) groups is 1. The van der Waals surface area contributed by atoms with Crippen LogP contribution in [-0.4, -0.2) is 37.9 Å². The molecule has 8 heteroatoms. The molecule has 0 radical (unpaired) electrons. The molecule has 1 fully saturated rings. The molecule has 3 rings (SSSR count). The van der Waals surface area contributed by atoms with Crippen molar-refractivity contribution in [3.63, 3.8) is 0 Å².